The van der Waals surface area contributed by atoms with Crippen LogP contribution < -0.4 is 5.32 Å². The van der Waals surface area contributed by atoms with Gasteiger partial charge in [-0.05, 0) is 31.1 Å². The van der Waals surface area contributed by atoms with E-state index in [1.165, 1.54) is 31.7 Å². The lowest BCUT2D eigenvalue weighted by Gasteiger charge is -2.20. The smallest absolute Gasteiger partial charge is 0.0172 e. The zero-order valence-electron chi connectivity index (χ0n) is 5.60. The molecule has 2 bridgehead atoms. The van der Waals surface area contributed by atoms with Crippen LogP contribution in [0.2, 0.25) is 0 Å². The third kappa shape index (κ3) is 1.24. The lowest BCUT2D eigenvalue weighted by atomic mass is 10.1. The highest BCUT2D eigenvalue weighted by Gasteiger charge is 2.24. The van der Waals surface area contributed by atoms with Crippen LogP contribution in [-0.2, 0) is 0 Å². The summed E-state index contributed by atoms with van der Waals surface area (Å²) in [5.41, 5.74) is 0. The van der Waals surface area contributed by atoms with Crippen LogP contribution in [0.5, 0.6) is 0 Å². The Kier molecular flexibility index (Phi) is 1.68. The largest absolute Gasteiger partial charge is 0.315 e. The molecule has 1 N–H and O–H groups in total. The van der Waals surface area contributed by atoms with E-state index in [9.17, 15) is 0 Å². The molecule has 0 spiro atoms. The fraction of sp³-hybridized carbons (Fsp3) is 1.00. The Bertz CT molecular complexity index is 79.6. The summed E-state index contributed by atoms with van der Waals surface area (Å²) in [5, 5.41) is 4.44. The molecule has 2 atom stereocenters. The summed E-state index contributed by atoms with van der Waals surface area (Å²) in [6.45, 7) is 2.55. The van der Waals surface area contributed by atoms with Gasteiger partial charge in [0.15, 0.2) is 0 Å². The average molecular weight is 143 g/mol. The van der Waals surface area contributed by atoms with Crippen molar-refractivity contribution in [2.45, 2.75) is 18.1 Å². The minimum Gasteiger partial charge on any atom is -0.315 e. The number of fused-ring (bicyclic) bond motifs is 4. The van der Waals surface area contributed by atoms with Crippen molar-refractivity contribution in [3.05, 3.63) is 0 Å². The minimum absolute atomic E-state index is 0.948. The second kappa shape index (κ2) is 2.51. The van der Waals surface area contributed by atoms with Crippen LogP contribution in [-0.4, -0.2) is 24.1 Å². The molecule has 0 aromatic carbocycles. The number of nitrogens with one attached hydrogen (secondary N) is 1. The molecule has 0 amide bonds. The van der Waals surface area contributed by atoms with Crippen molar-refractivity contribution in [3.63, 3.8) is 0 Å². The van der Waals surface area contributed by atoms with Gasteiger partial charge in [-0.3, -0.25) is 0 Å². The minimum atomic E-state index is 0.948. The molecule has 3 fully saturated rings. The maximum absolute atomic E-state index is 3.49. The van der Waals surface area contributed by atoms with E-state index in [4.69, 9.17) is 0 Å². The van der Waals surface area contributed by atoms with E-state index in [-0.39, 0.29) is 0 Å². The van der Waals surface area contributed by atoms with Gasteiger partial charge in [-0.25, -0.2) is 0 Å². The molecule has 0 aromatic rings. The highest BCUT2D eigenvalue weighted by molar-refractivity contribution is 8.00. The molecule has 0 aromatic heterocycles. The van der Waals surface area contributed by atoms with Crippen LogP contribution in [0.4, 0.5) is 0 Å². The molecule has 3 rings (SSSR count). The van der Waals surface area contributed by atoms with Crippen molar-refractivity contribution < 1.29 is 0 Å². The highest BCUT2D eigenvalue weighted by Crippen LogP contribution is 2.30. The SMILES string of the molecule is C1CC2CNCC1CS2. The summed E-state index contributed by atoms with van der Waals surface area (Å²) < 4.78 is 0. The van der Waals surface area contributed by atoms with E-state index >= 15 is 0 Å². The first kappa shape index (κ1) is 6.05. The molecule has 52 valence electrons. The molecular formula is C7H13NS. The van der Waals surface area contributed by atoms with E-state index in [2.05, 4.69) is 17.1 Å². The normalized spacial score (nSPS) is 42.7. The number of hydrogen-bond acceptors (Lipinski definition) is 2. The van der Waals surface area contributed by atoms with E-state index in [1.807, 2.05) is 0 Å². The average Bonchev–Trinajstić information content (AvgIpc) is 2.21. The zero-order valence-corrected chi connectivity index (χ0v) is 6.41. The van der Waals surface area contributed by atoms with Gasteiger partial charge in [-0.2, -0.15) is 11.8 Å². The number of rotatable bonds is 0. The monoisotopic (exact) mass is 143 g/mol. The second-order valence-corrected chi connectivity index (χ2v) is 4.39. The van der Waals surface area contributed by atoms with Gasteiger partial charge in [-0.1, -0.05) is 0 Å². The molecule has 3 heterocycles. The number of hydrogen-bond donors (Lipinski definition) is 1. The maximum Gasteiger partial charge on any atom is 0.0172 e. The number of thioether (sulfide) groups is 1. The first-order chi connectivity index (χ1) is 4.45. The van der Waals surface area contributed by atoms with Crippen molar-refractivity contribution in [2.75, 3.05) is 18.8 Å². The van der Waals surface area contributed by atoms with E-state index < -0.39 is 0 Å². The summed E-state index contributed by atoms with van der Waals surface area (Å²) in [7, 11) is 0. The summed E-state index contributed by atoms with van der Waals surface area (Å²) in [4.78, 5) is 0. The van der Waals surface area contributed by atoms with Gasteiger partial charge in [0.25, 0.3) is 0 Å². The van der Waals surface area contributed by atoms with Gasteiger partial charge >= 0.3 is 0 Å². The summed E-state index contributed by atoms with van der Waals surface area (Å²) in [5.74, 6) is 2.41. The van der Waals surface area contributed by atoms with Crippen LogP contribution in [0.25, 0.3) is 0 Å². The van der Waals surface area contributed by atoms with E-state index in [0.717, 1.165) is 11.2 Å². The van der Waals surface area contributed by atoms with Crippen LogP contribution in [0.1, 0.15) is 12.8 Å². The lowest BCUT2D eigenvalue weighted by molar-refractivity contribution is 0.527. The standard InChI is InChI=1S/C7H13NS/c1-2-7-4-8-3-6(1)5-9-7/h6-8H,1-5H2. The Morgan fingerprint density at radius 3 is 3.00 bits per heavy atom. The Morgan fingerprint density at radius 1 is 1.22 bits per heavy atom. The van der Waals surface area contributed by atoms with Crippen molar-refractivity contribution >= 4 is 11.8 Å². The van der Waals surface area contributed by atoms with Crippen molar-refractivity contribution in [3.8, 4) is 0 Å². The van der Waals surface area contributed by atoms with Gasteiger partial charge < -0.3 is 5.32 Å². The second-order valence-electron chi connectivity index (χ2n) is 3.06. The Balaban J connectivity index is 2.03. The third-order valence-electron chi connectivity index (χ3n) is 2.27. The Morgan fingerprint density at radius 2 is 2.22 bits per heavy atom. The van der Waals surface area contributed by atoms with Gasteiger partial charge in [0, 0.05) is 11.8 Å². The van der Waals surface area contributed by atoms with Gasteiger partial charge in [0.05, 0.1) is 0 Å². The van der Waals surface area contributed by atoms with Crippen molar-refractivity contribution in [1.29, 1.82) is 0 Å². The fourth-order valence-electron chi connectivity index (χ4n) is 1.63. The lowest BCUT2D eigenvalue weighted by Crippen LogP contribution is -2.21. The molecular weight excluding hydrogens is 130 g/mol. The third-order valence-corrected chi connectivity index (χ3v) is 3.81. The first-order valence-electron chi connectivity index (χ1n) is 3.77. The predicted molar refractivity (Wildman–Crippen MR) is 41.8 cm³/mol. The highest BCUT2D eigenvalue weighted by atomic mass is 32.2. The summed E-state index contributed by atoms with van der Waals surface area (Å²) in [6.07, 6.45) is 2.94. The molecule has 0 radical (unpaired) electrons. The van der Waals surface area contributed by atoms with Crippen LogP contribution in [0.3, 0.4) is 0 Å². The Hall–Kier alpha value is 0.310. The summed E-state index contributed by atoms with van der Waals surface area (Å²) >= 11 is 2.17. The maximum atomic E-state index is 3.49. The van der Waals surface area contributed by atoms with Crippen LogP contribution in [0, 0.1) is 5.92 Å². The Labute approximate surface area is 60.6 Å². The van der Waals surface area contributed by atoms with Crippen LogP contribution >= 0.6 is 11.8 Å². The molecule has 0 aliphatic carbocycles. The van der Waals surface area contributed by atoms with E-state index in [1.54, 1.807) is 0 Å². The van der Waals surface area contributed by atoms with Gasteiger partial charge in [0.2, 0.25) is 0 Å². The topological polar surface area (TPSA) is 12.0 Å². The predicted octanol–water partition coefficient (Wildman–Crippen LogP) is 1.10. The van der Waals surface area contributed by atoms with Crippen molar-refractivity contribution in [2.24, 2.45) is 5.92 Å². The zero-order chi connectivity index (χ0) is 6.10. The molecule has 3 aliphatic heterocycles. The molecule has 2 unspecified atom stereocenters. The molecule has 9 heavy (non-hydrogen) atoms. The molecule has 3 aliphatic rings. The van der Waals surface area contributed by atoms with E-state index in [0.29, 0.717) is 0 Å². The van der Waals surface area contributed by atoms with Crippen molar-refractivity contribution in [1.82, 2.24) is 5.32 Å². The van der Waals surface area contributed by atoms with Gasteiger partial charge in [0.1, 0.15) is 0 Å². The fourth-order valence-corrected chi connectivity index (χ4v) is 3.00. The summed E-state index contributed by atoms with van der Waals surface area (Å²) in [6, 6.07) is 0. The molecule has 3 saturated heterocycles. The quantitative estimate of drug-likeness (QED) is 0.545. The van der Waals surface area contributed by atoms with Gasteiger partial charge in [-0.15, -0.1) is 0 Å². The molecule has 2 heteroatoms. The van der Waals surface area contributed by atoms with Crippen LogP contribution in [0.15, 0.2) is 0 Å². The molecule has 1 nitrogen and oxygen atoms in total. The first-order valence-corrected chi connectivity index (χ1v) is 4.82. The molecule has 0 saturated carbocycles.